The molecule has 0 aliphatic heterocycles. The molecule has 48 heavy (non-hydrogen) atoms. The van der Waals surface area contributed by atoms with Crippen LogP contribution in [0.4, 0.5) is 0 Å². The van der Waals surface area contributed by atoms with Gasteiger partial charge in [-0.15, -0.1) is 0 Å². The number of nitrogens with zero attached hydrogens (tertiary/aromatic N) is 1. The van der Waals surface area contributed by atoms with Crippen molar-refractivity contribution in [1.29, 1.82) is 0 Å². The first-order valence-electron chi connectivity index (χ1n) is 16.8. The highest BCUT2D eigenvalue weighted by Gasteiger charge is 2.37. The van der Waals surface area contributed by atoms with Gasteiger partial charge in [-0.05, 0) is 136 Å². The summed E-state index contributed by atoms with van der Waals surface area (Å²) in [5.74, 6) is 0. The van der Waals surface area contributed by atoms with Crippen molar-refractivity contribution in [3.63, 3.8) is 0 Å². The lowest BCUT2D eigenvalue weighted by atomic mass is 9.79. The van der Waals surface area contributed by atoms with Crippen LogP contribution in [0.25, 0.3) is 82.2 Å². The molecule has 0 amide bonds. The van der Waals surface area contributed by atoms with E-state index in [0.717, 1.165) is 0 Å². The molecule has 1 nitrogen and oxygen atoms in total. The van der Waals surface area contributed by atoms with Crippen LogP contribution in [0.5, 0.6) is 0 Å². The molecule has 0 atom stereocenters. The molecule has 9 aromatic rings. The molecule has 10 rings (SSSR count). The number of rotatable bonds is 3. The van der Waals surface area contributed by atoms with E-state index in [9.17, 15) is 0 Å². The van der Waals surface area contributed by atoms with Crippen LogP contribution >= 0.6 is 0 Å². The summed E-state index contributed by atoms with van der Waals surface area (Å²) in [6, 6.07) is 56.5. The first kappa shape index (κ1) is 27.2. The molecule has 0 bridgehead atoms. The number of hydrogen-bond donors (Lipinski definition) is 0. The summed E-state index contributed by atoms with van der Waals surface area (Å²) in [6.45, 7) is 4.79. The van der Waals surface area contributed by atoms with E-state index in [2.05, 4.69) is 182 Å². The van der Waals surface area contributed by atoms with Gasteiger partial charge in [-0.3, -0.25) is 0 Å². The van der Waals surface area contributed by atoms with Crippen molar-refractivity contribution in [1.82, 2.24) is 4.57 Å². The number of fused-ring (bicyclic) bond motifs is 7. The average Bonchev–Trinajstić information content (AvgIpc) is 3.74. The molecule has 0 saturated carbocycles. The molecular weight excluding hydrogens is 579 g/mol. The van der Waals surface area contributed by atoms with E-state index in [1.807, 2.05) is 0 Å². The van der Waals surface area contributed by atoms with E-state index in [0.29, 0.717) is 0 Å². The molecule has 0 fully saturated rings. The van der Waals surface area contributed by atoms with Gasteiger partial charge in [0.25, 0.3) is 0 Å². The zero-order valence-corrected chi connectivity index (χ0v) is 27.0. The number of benzene rings is 8. The van der Waals surface area contributed by atoms with E-state index >= 15 is 0 Å². The van der Waals surface area contributed by atoms with Crippen LogP contribution in [0, 0.1) is 0 Å². The molecule has 0 radical (unpaired) electrons. The van der Waals surface area contributed by atoms with Crippen molar-refractivity contribution >= 4 is 43.1 Å². The average molecular weight is 612 g/mol. The molecule has 0 saturated heterocycles. The second kappa shape index (κ2) is 10.0. The van der Waals surface area contributed by atoms with Crippen molar-refractivity contribution in [2.75, 3.05) is 0 Å². The lowest BCUT2D eigenvalue weighted by Gasteiger charge is -2.24. The Morgan fingerprint density at radius 3 is 1.52 bits per heavy atom. The van der Waals surface area contributed by atoms with Gasteiger partial charge in [-0.2, -0.15) is 0 Å². The summed E-state index contributed by atoms with van der Waals surface area (Å²) in [6.07, 6.45) is 4.25. The van der Waals surface area contributed by atoms with Crippen LogP contribution in [0.15, 0.2) is 164 Å². The van der Waals surface area contributed by atoms with Crippen LogP contribution in [0.1, 0.15) is 25.0 Å². The molecule has 0 N–H and O–H groups in total. The Kier molecular flexibility index (Phi) is 5.69. The van der Waals surface area contributed by atoms with E-state index in [4.69, 9.17) is 0 Å². The molecule has 1 heterocycles. The molecule has 0 spiro atoms. The quantitative estimate of drug-likeness (QED) is 0.175. The fraction of sp³-hybridized carbons (Fsp3) is 0.0638. The van der Waals surface area contributed by atoms with Crippen molar-refractivity contribution < 1.29 is 0 Å². The normalized spacial score (nSPS) is 13.4. The van der Waals surface area contributed by atoms with Gasteiger partial charge < -0.3 is 4.57 Å². The standard InChI is InChI=1S/C47H33N/c1-47(2)43-27-36(48-23-9-10-24-48)21-22-37(43)40-28-41-42(29-44(40)47)46(35-20-18-31-12-4-6-14-33(31)26-35)39-16-8-7-15-38(39)45(41)34-19-17-30-11-3-5-13-32(30)25-34/h3-29H,1-2H3. The predicted molar refractivity (Wildman–Crippen MR) is 204 cm³/mol. The minimum Gasteiger partial charge on any atom is -0.324 e. The van der Waals surface area contributed by atoms with E-state index < -0.39 is 0 Å². The van der Waals surface area contributed by atoms with Crippen molar-refractivity contribution in [3.8, 4) is 39.1 Å². The van der Waals surface area contributed by atoms with Crippen LogP contribution in [-0.2, 0) is 5.41 Å². The third kappa shape index (κ3) is 3.91. The summed E-state index contributed by atoms with van der Waals surface area (Å²) in [7, 11) is 0. The van der Waals surface area contributed by atoms with Crippen molar-refractivity contribution in [2.24, 2.45) is 0 Å². The first-order valence-corrected chi connectivity index (χ1v) is 16.8. The van der Waals surface area contributed by atoms with Gasteiger partial charge in [0.1, 0.15) is 0 Å². The van der Waals surface area contributed by atoms with Crippen molar-refractivity contribution in [3.05, 3.63) is 175 Å². The second-order valence-electron chi connectivity index (χ2n) is 13.8. The second-order valence-corrected chi connectivity index (χ2v) is 13.8. The highest BCUT2D eigenvalue weighted by Crippen LogP contribution is 2.53. The topological polar surface area (TPSA) is 4.93 Å². The van der Waals surface area contributed by atoms with Gasteiger partial charge in [0.15, 0.2) is 0 Å². The zero-order valence-electron chi connectivity index (χ0n) is 27.0. The predicted octanol–water partition coefficient (Wildman–Crippen LogP) is 12.7. The molecule has 226 valence electrons. The lowest BCUT2D eigenvalue weighted by molar-refractivity contribution is 0.660. The maximum Gasteiger partial charge on any atom is 0.0452 e. The van der Waals surface area contributed by atoms with Crippen LogP contribution in [0.3, 0.4) is 0 Å². The molecule has 1 heteroatoms. The van der Waals surface area contributed by atoms with E-state index in [1.165, 1.54) is 93.3 Å². The van der Waals surface area contributed by atoms with Gasteiger partial charge in [-0.25, -0.2) is 0 Å². The van der Waals surface area contributed by atoms with Gasteiger partial charge in [0.05, 0.1) is 0 Å². The maximum absolute atomic E-state index is 2.53. The third-order valence-corrected chi connectivity index (χ3v) is 10.8. The van der Waals surface area contributed by atoms with Gasteiger partial charge in [-0.1, -0.05) is 117 Å². The molecule has 1 aliphatic carbocycles. The Balaban J connectivity index is 1.34. The summed E-state index contributed by atoms with van der Waals surface area (Å²) in [5.41, 5.74) is 11.6. The van der Waals surface area contributed by atoms with Gasteiger partial charge in [0.2, 0.25) is 0 Å². The van der Waals surface area contributed by atoms with Gasteiger partial charge in [0, 0.05) is 23.5 Å². The summed E-state index contributed by atoms with van der Waals surface area (Å²) >= 11 is 0. The summed E-state index contributed by atoms with van der Waals surface area (Å²) in [5, 5.41) is 10.2. The lowest BCUT2D eigenvalue weighted by Crippen LogP contribution is -2.15. The fourth-order valence-electron chi connectivity index (χ4n) is 8.37. The fourth-order valence-corrected chi connectivity index (χ4v) is 8.37. The largest absolute Gasteiger partial charge is 0.324 e. The van der Waals surface area contributed by atoms with E-state index in [1.54, 1.807) is 0 Å². The van der Waals surface area contributed by atoms with Crippen molar-refractivity contribution in [2.45, 2.75) is 19.3 Å². The highest BCUT2D eigenvalue weighted by atomic mass is 14.9. The SMILES string of the molecule is CC1(C)c2cc(-n3cccc3)ccc2-c2cc3c(-c4ccc5ccccc5c4)c4ccccc4c(-c4ccc5ccccc5c4)c3cc21. The number of hydrogen-bond acceptors (Lipinski definition) is 0. The third-order valence-electron chi connectivity index (χ3n) is 10.8. The molecular formula is C47H33N. The summed E-state index contributed by atoms with van der Waals surface area (Å²) < 4.78 is 2.21. The monoisotopic (exact) mass is 611 g/mol. The zero-order chi connectivity index (χ0) is 32.0. The minimum absolute atomic E-state index is 0.155. The highest BCUT2D eigenvalue weighted by molar-refractivity contribution is 6.23. The van der Waals surface area contributed by atoms with E-state index in [-0.39, 0.29) is 5.41 Å². The molecule has 1 aromatic heterocycles. The Labute approximate surface area is 280 Å². The maximum atomic E-state index is 2.53. The Hall–Kier alpha value is -5.92. The minimum atomic E-state index is -0.155. The molecule has 8 aromatic carbocycles. The van der Waals surface area contributed by atoms with Crippen LogP contribution in [0.2, 0.25) is 0 Å². The first-order chi connectivity index (χ1) is 23.5. The Morgan fingerprint density at radius 2 is 0.917 bits per heavy atom. The number of aromatic nitrogens is 1. The Bertz CT molecular complexity index is 2740. The molecule has 1 aliphatic rings. The summed E-state index contributed by atoms with van der Waals surface area (Å²) in [4.78, 5) is 0. The van der Waals surface area contributed by atoms with Crippen LogP contribution < -0.4 is 0 Å². The molecule has 0 unspecified atom stereocenters. The van der Waals surface area contributed by atoms with Crippen LogP contribution in [-0.4, -0.2) is 4.57 Å². The smallest absolute Gasteiger partial charge is 0.0452 e. The Morgan fingerprint density at radius 1 is 0.396 bits per heavy atom. The van der Waals surface area contributed by atoms with Gasteiger partial charge >= 0.3 is 0 Å².